The topological polar surface area (TPSA) is 77.1 Å². The first-order valence-electron chi connectivity index (χ1n) is 13.0. The smallest absolute Gasteiger partial charge is 0.248 e. The molecule has 0 spiro atoms. The number of amides is 1. The normalized spacial score (nSPS) is 19.5. The fourth-order valence-corrected chi connectivity index (χ4v) is 5.23. The number of carbonyl (C=O) groups excluding carboxylic acids is 1. The minimum Gasteiger partial charge on any atom is -0.387 e. The van der Waals surface area contributed by atoms with Crippen molar-refractivity contribution in [1.82, 2.24) is 20.4 Å². The second-order valence-corrected chi connectivity index (χ2v) is 10.2. The number of halogens is 2. The van der Waals surface area contributed by atoms with Gasteiger partial charge in [0.15, 0.2) is 0 Å². The minimum atomic E-state index is -0.854. The molecule has 2 heterocycles. The molecule has 4 rings (SSSR count). The first kappa shape index (κ1) is 30.1. The number of benzene rings is 2. The van der Waals surface area contributed by atoms with Crippen LogP contribution in [0.5, 0.6) is 0 Å². The summed E-state index contributed by atoms with van der Waals surface area (Å²) in [6.07, 6.45) is 10.1. The Morgan fingerprint density at radius 3 is 2.56 bits per heavy atom. The summed E-state index contributed by atoms with van der Waals surface area (Å²) in [5.41, 5.74) is 0.677. The average Bonchev–Trinajstić information content (AvgIpc) is 3.61. The van der Waals surface area contributed by atoms with Crippen LogP contribution in [0.2, 0.25) is 0 Å². The SMILES string of the molecule is C#C.COC(C)(C)[C@H](C1NC(c2cc(F)ccc2F)=CN1Cc1ccccc1)N(C[C@H]1CCNC1)C(=O)CO. The molecular weight excluding hydrogens is 502 g/mol. The molecule has 9 heteroatoms. The highest BCUT2D eigenvalue weighted by atomic mass is 19.1. The molecule has 3 atom stereocenters. The maximum absolute atomic E-state index is 14.8. The molecule has 0 bridgehead atoms. The maximum atomic E-state index is 14.8. The first-order chi connectivity index (χ1) is 18.7. The Hall–Kier alpha value is -3.45. The van der Waals surface area contributed by atoms with Crippen LogP contribution in [0.25, 0.3) is 5.70 Å². The van der Waals surface area contributed by atoms with Gasteiger partial charge in [-0.15, -0.1) is 12.8 Å². The third-order valence-electron chi connectivity index (χ3n) is 7.33. The van der Waals surface area contributed by atoms with Crippen LogP contribution < -0.4 is 10.6 Å². The van der Waals surface area contributed by atoms with E-state index in [2.05, 4.69) is 23.5 Å². The number of aliphatic hydroxyl groups excluding tert-OH is 1. The van der Waals surface area contributed by atoms with Gasteiger partial charge in [-0.2, -0.15) is 0 Å². The molecule has 2 aliphatic heterocycles. The van der Waals surface area contributed by atoms with Crippen LogP contribution in [0.1, 0.15) is 31.4 Å². The Morgan fingerprint density at radius 1 is 1.23 bits per heavy atom. The fourth-order valence-electron chi connectivity index (χ4n) is 5.23. The highest BCUT2D eigenvalue weighted by Crippen LogP contribution is 2.33. The van der Waals surface area contributed by atoms with Gasteiger partial charge in [0.25, 0.3) is 0 Å². The predicted molar refractivity (Wildman–Crippen MR) is 148 cm³/mol. The summed E-state index contributed by atoms with van der Waals surface area (Å²) in [6, 6.07) is 12.6. The van der Waals surface area contributed by atoms with Gasteiger partial charge < -0.3 is 30.3 Å². The molecule has 1 saturated heterocycles. The lowest BCUT2D eigenvalue weighted by Gasteiger charge is -2.47. The standard InChI is InChI=1S/C28H36F2N4O3.C2H2/c1-28(2,37-3)26(34(25(36)18-35)16-20-11-12-31-14-20)27-32-24(22-13-21(29)9-10-23(22)30)17-33(27)15-19-7-5-4-6-8-19;1-2/h4-10,13,17,20,26-27,31-32,35H,11-12,14-16,18H2,1-3H3;1-2H/t20-,26-,27?;/m0./s1. The number of nitrogens with zero attached hydrogens (tertiary/aromatic N) is 2. The Balaban J connectivity index is 0.00000205. The number of carbonyl (C=O) groups is 1. The van der Waals surface area contributed by atoms with Crippen molar-refractivity contribution in [2.45, 2.75) is 44.6 Å². The van der Waals surface area contributed by atoms with Gasteiger partial charge in [0.2, 0.25) is 5.91 Å². The summed E-state index contributed by atoms with van der Waals surface area (Å²) >= 11 is 0. The average molecular weight is 541 g/mol. The summed E-state index contributed by atoms with van der Waals surface area (Å²) in [5, 5.41) is 16.6. The van der Waals surface area contributed by atoms with E-state index in [0.29, 0.717) is 18.8 Å². The maximum Gasteiger partial charge on any atom is 0.248 e. The Morgan fingerprint density at radius 2 is 1.95 bits per heavy atom. The molecule has 0 saturated carbocycles. The molecule has 2 aliphatic rings. The van der Waals surface area contributed by atoms with E-state index in [4.69, 9.17) is 4.74 Å². The number of methoxy groups -OCH3 is 1. The van der Waals surface area contributed by atoms with E-state index in [9.17, 15) is 18.7 Å². The van der Waals surface area contributed by atoms with Crippen LogP contribution in [0, 0.1) is 30.4 Å². The van der Waals surface area contributed by atoms with Crippen molar-refractivity contribution >= 4 is 11.6 Å². The van der Waals surface area contributed by atoms with E-state index in [1.54, 1.807) is 18.2 Å². The lowest BCUT2D eigenvalue weighted by Crippen LogP contribution is -2.65. The lowest BCUT2D eigenvalue weighted by atomic mass is 9.91. The summed E-state index contributed by atoms with van der Waals surface area (Å²) in [4.78, 5) is 16.9. The summed E-state index contributed by atoms with van der Waals surface area (Å²) < 4.78 is 34.8. The molecule has 3 N–H and O–H groups in total. The van der Waals surface area contributed by atoms with E-state index in [1.807, 2.05) is 49.1 Å². The van der Waals surface area contributed by atoms with E-state index in [1.165, 1.54) is 0 Å². The Bertz CT molecular complexity index is 1150. The molecule has 0 aliphatic carbocycles. The summed E-state index contributed by atoms with van der Waals surface area (Å²) in [6.45, 7) is 5.69. The summed E-state index contributed by atoms with van der Waals surface area (Å²) in [5.74, 6) is -1.28. The van der Waals surface area contributed by atoms with E-state index < -0.39 is 42.0 Å². The largest absolute Gasteiger partial charge is 0.387 e. The third-order valence-corrected chi connectivity index (χ3v) is 7.33. The molecule has 39 heavy (non-hydrogen) atoms. The highest BCUT2D eigenvalue weighted by molar-refractivity contribution is 5.78. The second kappa shape index (κ2) is 13.6. The molecule has 210 valence electrons. The zero-order valence-corrected chi connectivity index (χ0v) is 22.7. The van der Waals surface area contributed by atoms with Gasteiger partial charge in [0.05, 0.1) is 17.3 Å². The van der Waals surface area contributed by atoms with Gasteiger partial charge in [-0.1, -0.05) is 30.3 Å². The number of ether oxygens (including phenoxy) is 1. The number of hydrogen-bond donors (Lipinski definition) is 3. The highest BCUT2D eigenvalue weighted by Gasteiger charge is 2.47. The van der Waals surface area contributed by atoms with Crippen molar-refractivity contribution < 1.29 is 23.4 Å². The van der Waals surface area contributed by atoms with Gasteiger partial charge in [-0.25, -0.2) is 8.78 Å². The number of hydrogen-bond acceptors (Lipinski definition) is 6. The van der Waals surface area contributed by atoms with E-state index in [0.717, 1.165) is 43.3 Å². The molecule has 0 radical (unpaired) electrons. The molecule has 1 amide bonds. The molecule has 2 aromatic rings. The molecule has 1 fully saturated rings. The first-order valence-corrected chi connectivity index (χ1v) is 13.0. The van der Waals surface area contributed by atoms with Crippen molar-refractivity contribution in [3.63, 3.8) is 0 Å². The molecule has 1 unspecified atom stereocenters. The van der Waals surface area contributed by atoms with Crippen LogP contribution in [-0.2, 0) is 16.1 Å². The van der Waals surface area contributed by atoms with Crippen LogP contribution >= 0.6 is 0 Å². The molecular formula is C30H38F2N4O3. The van der Waals surface area contributed by atoms with Crippen molar-refractivity contribution in [2.75, 3.05) is 33.4 Å². The number of nitrogens with one attached hydrogen (secondary N) is 2. The van der Waals surface area contributed by atoms with Crippen molar-refractivity contribution in [3.8, 4) is 12.8 Å². The Labute approximate surface area is 229 Å². The van der Waals surface area contributed by atoms with Crippen molar-refractivity contribution in [2.24, 2.45) is 5.92 Å². The van der Waals surface area contributed by atoms with Gasteiger partial charge in [-0.05, 0) is 63.0 Å². The van der Waals surface area contributed by atoms with E-state index >= 15 is 0 Å². The zero-order valence-electron chi connectivity index (χ0n) is 22.7. The Kier molecular flexibility index (Phi) is 10.5. The van der Waals surface area contributed by atoms with Crippen molar-refractivity contribution in [1.29, 1.82) is 0 Å². The lowest BCUT2D eigenvalue weighted by molar-refractivity contribution is -0.149. The second-order valence-electron chi connectivity index (χ2n) is 10.2. The van der Waals surface area contributed by atoms with Crippen LogP contribution in [-0.4, -0.2) is 72.0 Å². The summed E-state index contributed by atoms with van der Waals surface area (Å²) in [7, 11) is 1.59. The quantitative estimate of drug-likeness (QED) is 0.402. The molecule has 7 nitrogen and oxygen atoms in total. The zero-order chi connectivity index (χ0) is 28.6. The monoisotopic (exact) mass is 540 g/mol. The number of terminal acetylenes is 1. The van der Waals surface area contributed by atoms with Crippen LogP contribution in [0.4, 0.5) is 8.78 Å². The third kappa shape index (κ3) is 7.15. The minimum absolute atomic E-state index is 0.106. The van der Waals surface area contributed by atoms with Gasteiger partial charge in [-0.3, -0.25) is 4.79 Å². The number of aliphatic hydroxyl groups is 1. The number of rotatable bonds is 10. The van der Waals surface area contributed by atoms with Crippen LogP contribution in [0.3, 0.4) is 0 Å². The molecule has 2 aromatic carbocycles. The van der Waals surface area contributed by atoms with E-state index in [-0.39, 0.29) is 11.5 Å². The van der Waals surface area contributed by atoms with Gasteiger partial charge in [0.1, 0.15) is 24.4 Å². The van der Waals surface area contributed by atoms with Crippen LogP contribution in [0.15, 0.2) is 54.7 Å². The van der Waals surface area contributed by atoms with Crippen molar-refractivity contribution in [3.05, 3.63) is 77.5 Å². The molecule has 0 aromatic heterocycles. The van der Waals surface area contributed by atoms with Gasteiger partial charge in [0, 0.05) is 32.0 Å². The van der Waals surface area contributed by atoms with Gasteiger partial charge >= 0.3 is 0 Å². The predicted octanol–water partition coefficient (Wildman–Crippen LogP) is 3.17. The fraction of sp³-hybridized carbons (Fsp3) is 0.433.